The standard InChI is InChI=1S/C12H17BrN2O/c1-8-9(4-5-16-8)7-15-12-6-10(13)2-3-11(12)14/h2-3,6,8-9,15H,4-5,7,14H2,1H3. The molecule has 2 rings (SSSR count). The first-order valence-corrected chi connectivity index (χ1v) is 6.36. The first kappa shape index (κ1) is 11.7. The van der Waals surface area contributed by atoms with Gasteiger partial charge in [-0.05, 0) is 31.5 Å². The lowest BCUT2D eigenvalue weighted by atomic mass is 10.0. The summed E-state index contributed by atoms with van der Waals surface area (Å²) < 4.78 is 6.57. The van der Waals surface area contributed by atoms with E-state index in [9.17, 15) is 0 Å². The van der Waals surface area contributed by atoms with Crippen LogP contribution in [0.3, 0.4) is 0 Å². The van der Waals surface area contributed by atoms with Crippen molar-refractivity contribution in [1.29, 1.82) is 0 Å². The first-order valence-electron chi connectivity index (χ1n) is 5.57. The molecule has 88 valence electrons. The van der Waals surface area contributed by atoms with Crippen LogP contribution in [0.25, 0.3) is 0 Å². The summed E-state index contributed by atoms with van der Waals surface area (Å²) in [5.41, 5.74) is 7.68. The van der Waals surface area contributed by atoms with Crippen molar-refractivity contribution in [2.75, 3.05) is 24.2 Å². The molecule has 3 N–H and O–H groups in total. The van der Waals surface area contributed by atoms with Crippen LogP contribution >= 0.6 is 15.9 Å². The summed E-state index contributed by atoms with van der Waals surface area (Å²) in [6, 6.07) is 5.86. The molecular weight excluding hydrogens is 268 g/mol. The van der Waals surface area contributed by atoms with E-state index in [4.69, 9.17) is 10.5 Å². The Balaban J connectivity index is 1.96. The van der Waals surface area contributed by atoms with Crippen LogP contribution in [0.1, 0.15) is 13.3 Å². The molecule has 1 aliphatic rings. The number of anilines is 2. The van der Waals surface area contributed by atoms with E-state index in [0.29, 0.717) is 12.0 Å². The van der Waals surface area contributed by atoms with Gasteiger partial charge in [0.05, 0.1) is 17.5 Å². The van der Waals surface area contributed by atoms with Crippen LogP contribution in [0, 0.1) is 5.92 Å². The van der Waals surface area contributed by atoms with Gasteiger partial charge in [-0.1, -0.05) is 15.9 Å². The van der Waals surface area contributed by atoms with Gasteiger partial charge in [-0.2, -0.15) is 0 Å². The highest BCUT2D eigenvalue weighted by atomic mass is 79.9. The van der Waals surface area contributed by atoms with Crippen molar-refractivity contribution in [3.8, 4) is 0 Å². The molecule has 1 aromatic rings. The van der Waals surface area contributed by atoms with E-state index in [0.717, 1.165) is 35.4 Å². The predicted octanol–water partition coefficient (Wildman–Crippen LogP) is 2.87. The van der Waals surface area contributed by atoms with Crippen molar-refractivity contribution in [1.82, 2.24) is 0 Å². The lowest BCUT2D eigenvalue weighted by molar-refractivity contribution is 0.108. The molecule has 0 saturated carbocycles. The summed E-state index contributed by atoms with van der Waals surface area (Å²) in [6.07, 6.45) is 1.48. The molecule has 3 nitrogen and oxygen atoms in total. The Labute approximate surface area is 104 Å². The Hall–Kier alpha value is -0.740. The number of nitrogens with one attached hydrogen (secondary N) is 1. The number of hydrogen-bond donors (Lipinski definition) is 2. The van der Waals surface area contributed by atoms with Crippen molar-refractivity contribution in [2.45, 2.75) is 19.4 Å². The number of nitrogen functional groups attached to an aromatic ring is 1. The minimum absolute atomic E-state index is 0.348. The van der Waals surface area contributed by atoms with Gasteiger partial charge in [-0.3, -0.25) is 0 Å². The monoisotopic (exact) mass is 284 g/mol. The minimum atomic E-state index is 0.348. The Morgan fingerprint density at radius 1 is 1.56 bits per heavy atom. The SMILES string of the molecule is CC1OCCC1CNc1cc(Br)ccc1N. The van der Waals surface area contributed by atoms with E-state index in [-0.39, 0.29) is 0 Å². The summed E-state index contributed by atoms with van der Waals surface area (Å²) in [6.45, 7) is 3.92. The molecule has 0 aliphatic carbocycles. The highest BCUT2D eigenvalue weighted by Gasteiger charge is 2.23. The number of hydrogen-bond acceptors (Lipinski definition) is 3. The Morgan fingerprint density at radius 2 is 2.38 bits per heavy atom. The fraction of sp³-hybridized carbons (Fsp3) is 0.500. The van der Waals surface area contributed by atoms with Gasteiger partial charge in [0.2, 0.25) is 0 Å². The third-order valence-corrected chi connectivity index (χ3v) is 3.60. The van der Waals surface area contributed by atoms with E-state index in [1.54, 1.807) is 0 Å². The van der Waals surface area contributed by atoms with Crippen molar-refractivity contribution in [2.24, 2.45) is 5.92 Å². The molecule has 0 radical (unpaired) electrons. The van der Waals surface area contributed by atoms with Gasteiger partial charge >= 0.3 is 0 Å². The molecule has 2 unspecified atom stereocenters. The molecule has 1 aliphatic heterocycles. The molecule has 0 spiro atoms. The zero-order valence-corrected chi connectivity index (χ0v) is 11.0. The second-order valence-corrected chi connectivity index (χ2v) is 5.15. The van der Waals surface area contributed by atoms with Crippen molar-refractivity contribution in [3.05, 3.63) is 22.7 Å². The van der Waals surface area contributed by atoms with Crippen LogP contribution in [0.15, 0.2) is 22.7 Å². The molecule has 1 heterocycles. The summed E-state index contributed by atoms with van der Waals surface area (Å²) in [5, 5.41) is 3.39. The average Bonchev–Trinajstić information content (AvgIpc) is 2.66. The van der Waals surface area contributed by atoms with Crippen LogP contribution in [0.4, 0.5) is 11.4 Å². The molecule has 4 heteroatoms. The maximum atomic E-state index is 5.89. The molecule has 0 amide bonds. The fourth-order valence-corrected chi connectivity index (χ4v) is 2.33. The maximum absolute atomic E-state index is 5.89. The molecule has 16 heavy (non-hydrogen) atoms. The van der Waals surface area contributed by atoms with E-state index in [2.05, 4.69) is 28.2 Å². The van der Waals surface area contributed by atoms with Crippen LogP contribution in [0.2, 0.25) is 0 Å². The van der Waals surface area contributed by atoms with Gasteiger partial charge in [0.1, 0.15) is 0 Å². The van der Waals surface area contributed by atoms with Gasteiger partial charge in [0.15, 0.2) is 0 Å². The molecule has 1 saturated heterocycles. The Bertz CT molecular complexity index is 370. The number of ether oxygens (including phenoxy) is 1. The lowest BCUT2D eigenvalue weighted by Crippen LogP contribution is -2.21. The number of benzene rings is 1. The number of nitrogens with two attached hydrogens (primary N) is 1. The van der Waals surface area contributed by atoms with Crippen molar-refractivity contribution >= 4 is 27.3 Å². The van der Waals surface area contributed by atoms with Gasteiger partial charge < -0.3 is 15.8 Å². The molecule has 1 fully saturated rings. The zero-order chi connectivity index (χ0) is 11.5. The fourth-order valence-electron chi connectivity index (χ4n) is 1.97. The Morgan fingerprint density at radius 3 is 3.06 bits per heavy atom. The topological polar surface area (TPSA) is 47.3 Å². The highest BCUT2D eigenvalue weighted by Crippen LogP contribution is 2.25. The molecule has 1 aromatic carbocycles. The first-order chi connectivity index (χ1) is 7.66. The van der Waals surface area contributed by atoms with E-state index in [1.807, 2.05) is 18.2 Å². The minimum Gasteiger partial charge on any atom is -0.397 e. The van der Waals surface area contributed by atoms with Gasteiger partial charge in [0, 0.05) is 23.5 Å². The number of halogens is 1. The highest BCUT2D eigenvalue weighted by molar-refractivity contribution is 9.10. The molecular formula is C12H17BrN2O. The zero-order valence-electron chi connectivity index (χ0n) is 9.37. The molecule has 0 aromatic heterocycles. The van der Waals surface area contributed by atoms with Crippen molar-refractivity contribution in [3.63, 3.8) is 0 Å². The molecule has 2 atom stereocenters. The van der Waals surface area contributed by atoms with Gasteiger partial charge in [-0.15, -0.1) is 0 Å². The van der Waals surface area contributed by atoms with Crippen LogP contribution in [0.5, 0.6) is 0 Å². The quantitative estimate of drug-likeness (QED) is 0.839. The van der Waals surface area contributed by atoms with Gasteiger partial charge in [0.25, 0.3) is 0 Å². The largest absolute Gasteiger partial charge is 0.397 e. The smallest absolute Gasteiger partial charge is 0.0592 e. The van der Waals surface area contributed by atoms with E-state index >= 15 is 0 Å². The second kappa shape index (κ2) is 5.06. The summed E-state index contributed by atoms with van der Waals surface area (Å²) in [7, 11) is 0. The van der Waals surface area contributed by atoms with Gasteiger partial charge in [-0.25, -0.2) is 0 Å². The number of rotatable bonds is 3. The van der Waals surface area contributed by atoms with Crippen LogP contribution in [-0.2, 0) is 4.74 Å². The van der Waals surface area contributed by atoms with Crippen LogP contribution in [-0.4, -0.2) is 19.3 Å². The summed E-state index contributed by atoms with van der Waals surface area (Å²) >= 11 is 3.44. The third kappa shape index (κ3) is 2.68. The van der Waals surface area contributed by atoms with E-state index < -0.39 is 0 Å². The summed E-state index contributed by atoms with van der Waals surface area (Å²) in [5.74, 6) is 0.582. The third-order valence-electron chi connectivity index (χ3n) is 3.10. The average molecular weight is 285 g/mol. The second-order valence-electron chi connectivity index (χ2n) is 4.24. The predicted molar refractivity (Wildman–Crippen MR) is 70.6 cm³/mol. The van der Waals surface area contributed by atoms with Crippen molar-refractivity contribution < 1.29 is 4.74 Å². The lowest BCUT2D eigenvalue weighted by Gasteiger charge is -2.16. The van der Waals surface area contributed by atoms with E-state index in [1.165, 1.54) is 0 Å². The Kier molecular flexibility index (Phi) is 3.71. The van der Waals surface area contributed by atoms with Crippen LogP contribution < -0.4 is 11.1 Å². The maximum Gasteiger partial charge on any atom is 0.0592 e. The molecule has 0 bridgehead atoms. The normalized spacial score (nSPS) is 24.6. The summed E-state index contributed by atoms with van der Waals surface area (Å²) in [4.78, 5) is 0.